The lowest BCUT2D eigenvalue weighted by Gasteiger charge is -2.16. The molecule has 0 radical (unpaired) electrons. The van der Waals surface area contributed by atoms with E-state index in [4.69, 9.17) is 20.3 Å². The number of hydrogen-bond donors (Lipinski definition) is 3. The summed E-state index contributed by atoms with van der Waals surface area (Å²) in [5.74, 6) is 0.316. The molecule has 2 atom stereocenters. The summed E-state index contributed by atoms with van der Waals surface area (Å²) >= 11 is 0. The van der Waals surface area contributed by atoms with Crippen LogP contribution in [0.3, 0.4) is 0 Å². The molecule has 3 rings (SSSR count). The second kappa shape index (κ2) is 5.44. The molecule has 0 saturated carbocycles. The van der Waals surface area contributed by atoms with Gasteiger partial charge in [0.2, 0.25) is 0 Å². The van der Waals surface area contributed by atoms with E-state index in [1.165, 1.54) is 6.33 Å². The van der Waals surface area contributed by atoms with Gasteiger partial charge in [0.1, 0.15) is 18.2 Å². The van der Waals surface area contributed by atoms with E-state index in [-0.39, 0.29) is 12.1 Å². The molecule has 9 nitrogen and oxygen atoms in total. The SMILES string of the molecule is CC1=C[C@H](n2cnc3c(N)ncnc32)C[C@@H]1OCP(=O)(O)O. The van der Waals surface area contributed by atoms with Gasteiger partial charge in [0, 0.05) is 6.42 Å². The number of nitrogens with two attached hydrogens (primary N) is 1. The first-order chi connectivity index (χ1) is 10.3. The van der Waals surface area contributed by atoms with Crippen LogP contribution in [0.5, 0.6) is 0 Å². The molecule has 1 aliphatic rings. The van der Waals surface area contributed by atoms with Crippen molar-refractivity contribution >= 4 is 24.6 Å². The predicted octanol–water partition coefficient (Wildman–Crippen LogP) is 0.820. The quantitative estimate of drug-likeness (QED) is 0.555. The topological polar surface area (TPSA) is 136 Å². The van der Waals surface area contributed by atoms with Crippen LogP contribution in [-0.4, -0.2) is 41.8 Å². The van der Waals surface area contributed by atoms with Gasteiger partial charge in [-0.1, -0.05) is 6.08 Å². The molecular formula is C12H16N5O4P. The average Bonchev–Trinajstić information content (AvgIpc) is 3.00. The van der Waals surface area contributed by atoms with E-state index in [1.807, 2.05) is 17.6 Å². The third-order valence-electron chi connectivity index (χ3n) is 3.61. The highest BCUT2D eigenvalue weighted by atomic mass is 31.2. The number of nitrogen functional groups attached to an aromatic ring is 1. The Hall–Kier alpha value is -1.80. The van der Waals surface area contributed by atoms with Gasteiger partial charge in [-0.3, -0.25) is 4.57 Å². The number of nitrogens with zero attached hydrogens (tertiary/aromatic N) is 4. The van der Waals surface area contributed by atoms with Gasteiger partial charge in [-0.15, -0.1) is 0 Å². The number of allylic oxidation sites excluding steroid dienone is 1. The molecule has 2 heterocycles. The zero-order valence-corrected chi connectivity index (χ0v) is 12.7. The Kier molecular flexibility index (Phi) is 3.73. The standard InChI is InChI=1S/C12H16N5O4P/c1-7-2-8(3-9(7)21-6-22(18,19)20)17-5-16-10-11(13)14-4-15-12(10)17/h2,4-5,8-9H,3,6H2,1H3,(H2,13,14,15)(H2,18,19,20)/t8-,9-/m0/s1. The zero-order chi connectivity index (χ0) is 15.9. The summed E-state index contributed by atoms with van der Waals surface area (Å²) in [6, 6.07) is -0.0546. The van der Waals surface area contributed by atoms with Crippen molar-refractivity contribution in [2.45, 2.75) is 25.5 Å². The van der Waals surface area contributed by atoms with E-state index in [9.17, 15) is 4.57 Å². The molecule has 0 aliphatic heterocycles. The Morgan fingerprint density at radius 1 is 1.45 bits per heavy atom. The van der Waals surface area contributed by atoms with Gasteiger partial charge < -0.3 is 24.8 Å². The van der Waals surface area contributed by atoms with Crippen molar-refractivity contribution < 1.29 is 19.1 Å². The van der Waals surface area contributed by atoms with Crippen molar-refractivity contribution in [2.75, 3.05) is 12.1 Å². The van der Waals surface area contributed by atoms with E-state index in [0.29, 0.717) is 23.4 Å². The molecule has 0 aromatic carbocycles. The van der Waals surface area contributed by atoms with Crippen molar-refractivity contribution in [3.05, 3.63) is 24.3 Å². The maximum Gasteiger partial charge on any atom is 0.351 e. The lowest BCUT2D eigenvalue weighted by atomic mass is 10.2. The fourth-order valence-corrected chi connectivity index (χ4v) is 2.95. The number of hydrogen-bond acceptors (Lipinski definition) is 6. The number of rotatable bonds is 4. The molecule has 2 aromatic heterocycles. The summed E-state index contributed by atoms with van der Waals surface area (Å²) in [4.78, 5) is 30.1. The smallest absolute Gasteiger partial charge is 0.351 e. The van der Waals surface area contributed by atoms with Crippen LogP contribution in [0.25, 0.3) is 11.2 Å². The normalized spacial score (nSPS) is 22.2. The van der Waals surface area contributed by atoms with Crippen LogP contribution in [0, 0.1) is 0 Å². The third kappa shape index (κ3) is 2.89. The van der Waals surface area contributed by atoms with Gasteiger partial charge >= 0.3 is 7.60 Å². The molecule has 1 aliphatic carbocycles. The van der Waals surface area contributed by atoms with E-state index >= 15 is 0 Å². The Balaban J connectivity index is 1.82. The minimum Gasteiger partial charge on any atom is -0.382 e. The summed E-state index contributed by atoms with van der Waals surface area (Å²) in [6.45, 7) is 1.87. The first-order valence-corrected chi connectivity index (χ1v) is 8.42. The van der Waals surface area contributed by atoms with Crippen LogP contribution < -0.4 is 5.73 Å². The molecule has 0 bridgehead atoms. The van der Waals surface area contributed by atoms with Crippen LogP contribution in [0.15, 0.2) is 24.3 Å². The van der Waals surface area contributed by atoms with Gasteiger partial charge in [-0.25, -0.2) is 15.0 Å². The minimum atomic E-state index is -4.18. The van der Waals surface area contributed by atoms with Crippen LogP contribution in [-0.2, 0) is 9.30 Å². The number of ether oxygens (including phenoxy) is 1. The summed E-state index contributed by atoms with van der Waals surface area (Å²) in [7, 11) is -4.18. The van der Waals surface area contributed by atoms with E-state index < -0.39 is 13.9 Å². The van der Waals surface area contributed by atoms with Gasteiger partial charge in [-0.2, -0.15) is 0 Å². The maximum absolute atomic E-state index is 10.9. The van der Waals surface area contributed by atoms with Crippen molar-refractivity contribution in [3.8, 4) is 0 Å². The molecule has 10 heteroatoms. The van der Waals surface area contributed by atoms with Crippen molar-refractivity contribution in [1.29, 1.82) is 0 Å². The fraction of sp³-hybridized carbons (Fsp3) is 0.417. The molecule has 118 valence electrons. The first kappa shape index (κ1) is 15.1. The fourth-order valence-electron chi connectivity index (χ4n) is 2.58. The monoisotopic (exact) mass is 325 g/mol. The maximum atomic E-state index is 10.9. The minimum absolute atomic E-state index is 0.0546. The predicted molar refractivity (Wildman–Crippen MR) is 78.9 cm³/mol. The molecule has 22 heavy (non-hydrogen) atoms. The highest BCUT2D eigenvalue weighted by Gasteiger charge is 2.29. The van der Waals surface area contributed by atoms with Crippen LogP contribution >= 0.6 is 7.60 Å². The lowest BCUT2D eigenvalue weighted by Crippen LogP contribution is -2.14. The van der Waals surface area contributed by atoms with Gasteiger partial charge in [0.05, 0.1) is 18.5 Å². The van der Waals surface area contributed by atoms with E-state index in [1.54, 1.807) is 6.33 Å². The Morgan fingerprint density at radius 2 is 2.23 bits per heavy atom. The van der Waals surface area contributed by atoms with E-state index in [2.05, 4.69) is 15.0 Å². The molecule has 2 aromatic rings. The number of anilines is 1. The highest BCUT2D eigenvalue weighted by Crippen LogP contribution is 2.38. The van der Waals surface area contributed by atoms with Gasteiger partial charge in [0.15, 0.2) is 11.5 Å². The van der Waals surface area contributed by atoms with Gasteiger partial charge in [-0.05, 0) is 12.5 Å². The Bertz CT molecular complexity index is 783. The molecule has 0 fully saturated rings. The summed E-state index contributed by atoms with van der Waals surface area (Å²) in [5, 5.41) is 0. The highest BCUT2D eigenvalue weighted by molar-refractivity contribution is 7.51. The molecule has 0 saturated heterocycles. The first-order valence-electron chi connectivity index (χ1n) is 6.62. The molecule has 0 unspecified atom stereocenters. The average molecular weight is 325 g/mol. The van der Waals surface area contributed by atoms with Crippen LogP contribution in [0.1, 0.15) is 19.4 Å². The van der Waals surface area contributed by atoms with Crippen molar-refractivity contribution in [3.63, 3.8) is 0 Å². The largest absolute Gasteiger partial charge is 0.382 e. The van der Waals surface area contributed by atoms with Gasteiger partial charge in [0.25, 0.3) is 0 Å². The molecule has 4 N–H and O–H groups in total. The molecule has 0 spiro atoms. The molecule has 0 amide bonds. The summed E-state index contributed by atoms with van der Waals surface area (Å²) < 4.78 is 18.1. The number of fused-ring (bicyclic) bond motifs is 1. The van der Waals surface area contributed by atoms with Crippen molar-refractivity contribution in [2.24, 2.45) is 0 Å². The second-order valence-corrected chi connectivity index (χ2v) is 6.83. The van der Waals surface area contributed by atoms with Crippen LogP contribution in [0.4, 0.5) is 5.82 Å². The van der Waals surface area contributed by atoms with Crippen LogP contribution in [0.2, 0.25) is 0 Å². The Labute approximate surface area is 126 Å². The third-order valence-corrected chi connectivity index (χ3v) is 4.09. The number of imidazole rings is 1. The summed E-state index contributed by atoms with van der Waals surface area (Å²) in [6.07, 6.45) is 4.62. The van der Waals surface area contributed by atoms with Crippen molar-refractivity contribution in [1.82, 2.24) is 19.5 Å². The Morgan fingerprint density at radius 3 is 2.95 bits per heavy atom. The van der Waals surface area contributed by atoms with E-state index in [0.717, 1.165) is 5.57 Å². The second-order valence-electron chi connectivity index (χ2n) is 5.25. The molecular weight excluding hydrogens is 309 g/mol. The summed E-state index contributed by atoms with van der Waals surface area (Å²) in [5.41, 5.74) is 7.84. The zero-order valence-electron chi connectivity index (χ0n) is 11.8. The number of aromatic nitrogens is 4. The lowest BCUT2D eigenvalue weighted by molar-refractivity contribution is 0.0954.